The Morgan fingerprint density at radius 1 is 1.24 bits per heavy atom. The summed E-state index contributed by atoms with van der Waals surface area (Å²) >= 11 is 6.04. The summed E-state index contributed by atoms with van der Waals surface area (Å²) in [6.07, 6.45) is -1.32. The van der Waals surface area contributed by atoms with E-state index in [-0.39, 0.29) is 23.0 Å². The van der Waals surface area contributed by atoms with E-state index < -0.39 is 18.9 Å². The van der Waals surface area contributed by atoms with Gasteiger partial charge in [0, 0.05) is 56.3 Å². The van der Waals surface area contributed by atoms with E-state index in [1.54, 1.807) is 18.5 Å². The van der Waals surface area contributed by atoms with Crippen molar-refractivity contribution < 1.29 is 22.5 Å². The predicted molar refractivity (Wildman–Crippen MR) is 129 cm³/mol. The van der Waals surface area contributed by atoms with E-state index in [1.165, 1.54) is 18.3 Å². The number of amides is 1. The van der Waals surface area contributed by atoms with Gasteiger partial charge >= 0.3 is 6.18 Å². The van der Waals surface area contributed by atoms with Crippen molar-refractivity contribution in [2.75, 3.05) is 55.4 Å². The molecule has 0 atom stereocenters. The summed E-state index contributed by atoms with van der Waals surface area (Å²) in [4.78, 5) is 21.3. The van der Waals surface area contributed by atoms with E-state index in [2.05, 4.69) is 10.3 Å². The van der Waals surface area contributed by atoms with E-state index in [0.717, 1.165) is 6.07 Å². The molecule has 0 bridgehead atoms. The lowest BCUT2D eigenvalue weighted by Crippen LogP contribution is -2.40. The van der Waals surface area contributed by atoms with Gasteiger partial charge in [0.2, 0.25) is 0 Å². The molecular weight excluding hydrogens is 488 g/mol. The van der Waals surface area contributed by atoms with Crippen LogP contribution in [-0.2, 0) is 17.3 Å². The summed E-state index contributed by atoms with van der Waals surface area (Å²) in [5.74, 6) is 0.342. The number of benzene rings is 1. The Bertz CT molecular complexity index is 1150. The zero-order chi connectivity index (χ0) is 24.7. The number of rotatable bonds is 3. The van der Waals surface area contributed by atoms with Gasteiger partial charge < -0.3 is 19.7 Å². The number of fused-ring (bicyclic) bond motifs is 1. The molecule has 2 aliphatic rings. The molecule has 1 N–H and O–H groups in total. The smallest absolute Gasteiger partial charge is 0.368 e. The number of alkyl halides is 3. The molecule has 0 spiro atoms. The summed E-state index contributed by atoms with van der Waals surface area (Å²) in [7, 11) is -2.19. The molecule has 2 aliphatic heterocycles. The van der Waals surface area contributed by atoms with Crippen LogP contribution in [0.3, 0.4) is 0 Å². The molecule has 3 heterocycles. The number of aromatic nitrogens is 1. The Balaban J connectivity index is 1.70. The molecule has 34 heavy (non-hydrogen) atoms. The third kappa shape index (κ3) is 5.20. The van der Waals surface area contributed by atoms with Crippen LogP contribution in [0.5, 0.6) is 0 Å². The van der Waals surface area contributed by atoms with Gasteiger partial charge in [0.15, 0.2) is 0 Å². The summed E-state index contributed by atoms with van der Waals surface area (Å²) in [6, 6.07) is 3.59. The Morgan fingerprint density at radius 2 is 1.94 bits per heavy atom. The van der Waals surface area contributed by atoms with Crippen molar-refractivity contribution in [3.8, 4) is 0 Å². The quantitative estimate of drug-likeness (QED) is 0.561. The third-order valence-corrected chi connectivity index (χ3v) is 8.98. The molecule has 1 aromatic carbocycles. The standard InChI is InChI=1S/C23H27ClF3N4O2P/c1-15-18(22(32)30-8-10-34(2,33)11-9-30)13-29-21-20(15)31(7-3-6-28-21)14-16-12-17(24)4-5-19(16)23(25,26)27/h4-5,12-13H,3,6-11,14H2,1-2H3,(H,28,29). The van der Waals surface area contributed by atoms with Crippen LogP contribution in [0.2, 0.25) is 5.02 Å². The molecule has 1 saturated heterocycles. The topological polar surface area (TPSA) is 65.5 Å². The zero-order valence-electron chi connectivity index (χ0n) is 19.1. The number of hydrogen-bond acceptors (Lipinski definition) is 5. The molecule has 4 rings (SSSR count). The Kier molecular flexibility index (Phi) is 6.89. The van der Waals surface area contributed by atoms with Gasteiger partial charge in [0.1, 0.15) is 5.82 Å². The fraction of sp³-hybridized carbons (Fsp3) is 0.478. The van der Waals surface area contributed by atoms with Crippen molar-refractivity contribution in [1.82, 2.24) is 9.88 Å². The van der Waals surface area contributed by atoms with Gasteiger partial charge in [0.05, 0.1) is 24.0 Å². The molecule has 1 amide bonds. The number of carbonyl (C=O) groups excluding carboxylic acids is 1. The number of pyridine rings is 1. The second-order valence-corrected chi connectivity index (χ2v) is 13.0. The van der Waals surface area contributed by atoms with Gasteiger partial charge in [-0.05, 0) is 49.3 Å². The van der Waals surface area contributed by atoms with E-state index in [0.29, 0.717) is 67.6 Å². The van der Waals surface area contributed by atoms with Crippen LogP contribution in [0.25, 0.3) is 0 Å². The zero-order valence-corrected chi connectivity index (χ0v) is 20.7. The molecule has 0 radical (unpaired) electrons. The van der Waals surface area contributed by atoms with Crippen molar-refractivity contribution in [3.63, 3.8) is 0 Å². The maximum atomic E-state index is 13.7. The maximum Gasteiger partial charge on any atom is 0.416 e. The molecular formula is C23H27ClF3N4O2P. The molecule has 184 valence electrons. The summed E-state index contributed by atoms with van der Waals surface area (Å²) in [5.41, 5.74) is 1.02. The summed E-state index contributed by atoms with van der Waals surface area (Å²) < 4.78 is 53.3. The lowest BCUT2D eigenvalue weighted by Gasteiger charge is -2.32. The first-order valence-corrected chi connectivity index (χ1v) is 14.1. The van der Waals surface area contributed by atoms with Crippen LogP contribution in [0.15, 0.2) is 24.4 Å². The first-order chi connectivity index (χ1) is 16.0. The molecule has 1 fully saturated rings. The number of nitrogens with one attached hydrogen (secondary N) is 1. The second-order valence-electron chi connectivity index (χ2n) is 9.03. The van der Waals surface area contributed by atoms with Gasteiger partial charge in [-0.15, -0.1) is 0 Å². The second kappa shape index (κ2) is 9.42. The molecule has 2 aromatic rings. The molecule has 0 aliphatic carbocycles. The SMILES string of the molecule is Cc1c(C(=O)N2CCP(C)(=O)CC2)cnc2c1N(Cc1cc(Cl)ccc1C(F)(F)F)CCCN2. The lowest BCUT2D eigenvalue weighted by atomic mass is 10.0. The van der Waals surface area contributed by atoms with Crippen LogP contribution < -0.4 is 10.2 Å². The van der Waals surface area contributed by atoms with Crippen LogP contribution in [-0.4, -0.2) is 61.0 Å². The fourth-order valence-corrected chi connectivity index (χ4v) is 6.25. The Morgan fingerprint density at radius 3 is 2.62 bits per heavy atom. The fourth-order valence-electron chi connectivity index (χ4n) is 4.51. The highest BCUT2D eigenvalue weighted by Gasteiger charge is 2.35. The average molecular weight is 515 g/mol. The van der Waals surface area contributed by atoms with Crippen molar-refractivity contribution >= 4 is 36.2 Å². The highest BCUT2D eigenvalue weighted by Crippen LogP contribution is 2.43. The molecule has 0 saturated carbocycles. The van der Waals surface area contributed by atoms with Crippen LogP contribution in [0.1, 0.15) is 33.5 Å². The predicted octanol–water partition coefficient (Wildman–Crippen LogP) is 5.33. The Labute approximate surface area is 201 Å². The highest BCUT2D eigenvalue weighted by molar-refractivity contribution is 7.63. The van der Waals surface area contributed by atoms with Gasteiger partial charge in [-0.2, -0.15) is 13.2 Å². The van der Waals surface area contributed by atoms with Crippen molar-refractivity contribution in [2.45, 2.75) is 26.1 Å². The van der Waals surface area contributed by atoms with Gasteiger partial charge in [-0.3, -0.25) is 4.79 Å². The van der Waals surface area contributed by atoms with Crippen LogP contribution in [0.4, 0.5) is 24.7 Å². The van der Waals surface area contributed by atoms with E-state index >= 15 is 0 Å². The first-order valence-electron chi connectivity index (χ1n) is 11.2. The van der Waals surface area contributed by atoms with Crippen molar-refractivity contribution in [1.29, 1.82) is 0 Å². The molecule has 11 heteroatoms. The monoisotopic (exact) mass is 514 g/mol. The molecule has 0 unspecified atom stereocenters. The van der Waals surface area contributed by atoms with Crippen LogP contribution in [0, 0.1) is 6.92 Å². The van der Waals surface area contributed by atoms with Gasteiger partial charge in [-0.25, -0.2) is 4.98 Å². The van der Waals surface area contributed by atoms with Crippen molar-refractivity contribution in [3.05, 3.63) is 51.7 Å². The number of halogens is 4. The third-order valence-electron chi connectivity index (χ3n) is 6.46. The number of nitrogens with zero attached hydrogens (tertiary/aromatic N) is 3. The summed E-state index contributed by atoms with van der Waals surface area (Å²) in [6.45, 7) is 5.48. The lowest BCUT2D eigenvalue weighted by molar-refractivity contribution is -0.138. The molecule has 6 nitrogen and oxygen atoms in total. The number of anilines is 2. The van der Waals surface area contributed by atoms with Gasteiger partial charge in [0.25, 0.3) is 5.91 Å². The maximum absolute atomic E-state index is 13.7. The largest absolute Gasteiger partial charge is 0.416 e. The van der Waals surface area contributed by atoms with Crippen LogP contribution >= 0.6 is 18.7 Å². The minimum atomic E-state index is -4.51. The Hall–Kier alpha value is -2.25. The number of hydrogen-bond donors (Lipinski definition) is 1. The van der Waals surface area contributed by atoms with Crippen molar-refractivity contribution in [2.24, 2.45) is 0 Å². The minimum absolute atomic E-state index is 0.0209. The van der Waals surface area contributed by atoms with E-state index in [1.807, 2.05) is 4.90 Å². The minimum Gasteiger partial charge on any atom is -0.368 e. The summed E-state index contributed by atoms with van der Waals surface area (Å²) in [5, 5.41) is 3.46. The van der Waals surface area contributed by atoms with E-state index in [4.69, 9.17) is 11.6 Å². The number of carbonyl (C=O) groups is 1. The van der Waals surface area contributed by atoms with E-state index in [9.17, 15) is 22.5 Å². The molecule has 1 aromatic heterocycles. The average Bonchev–Trinajstić information content (AvgIpc) is 2.95. The first kappa shape index (κ1) is 24.9. The highest BCUT2D eigenvalue weighted by atomic mass is 35.5. The normalized spacial score (nSPS) is 18.2. The van der Waals surface area contributed by atoms with Gasteiger partial charge in [-0.1, -0.05) is 11.6 Å².